The number of aromatic nitrogens is 2. The van der Waals surface area contributed by atoms with E-state index in [1.807, 2.05) is 24.3 Å². The van der Waals surface area contributed by atoms with E-state index in [2.05, 4.69) is 45.8 Å². The molecule has 0 bridgehead atoms. The molecule has 0 fully saturated rings. The topological polar surface area (TPSA) is 47.0 Å². The second-order valence-electron chi connectivity index (χ2n) is 7.71. The van der Waals surface area contributed by atoms with E-state index in [0.29, 0.717) is 6.61 Å². The van der Waals surface area contributed by atoms with E-state index in [4.69, 9.17) is 4.74 Å². The van der Waals surface area contributed by atoms with Crippen LogP contribution in [0.4, 0.5) is 11.5 Å². The van der Waals surface area contributed by atoms with Crippen molar-refractivity contribution in [2.24, 2.45) is 0 Å². The first-order valence-electron chi connectivity index (χ1n) is 10.7. The Morgan fingerprint density at radius 2 is 1.90 bits per heavy atom. The summed E-state index contributed by atoms with van der Waals surface area (Å²) in [4.78, 5) is 10.1. The summed E-state index contributed by atoms with van der Waals surface area (Å²) in [5, 5.41) is 6.79. The van der Waals surface area contributed by atoms with E-state index in [1.54, 1.807) is 17.7 Å². The number of para-hydroxylation sites is 2. The van der Waals surface area contributed by atoms with Crippen LogP contribution in [0.3, 0.4) is 0 Å². The van der Waals surface area contributed by atoms with Crippen LogP contribution in [0.15, 0.2) is 54.2 Å². The zero-order chi connectivity index (χ0) is 20.3. The number of nitrogens with zero attached hydrogens (tertiary/aromatic N) is 2. The lowest BCUT2D eigenvalue weighted by Gasteiger charge is -2.17. The van der Waals surface area contributed by atoms with Crippen LogP contribution in [-0.2, 0) is 12.8 Å². The van der Waals surface area contributed by atoms with Gasteiger partial charge in [-0.25, -0.2) is 9.97 Å². The summed E-state index contributed by atoms with van der Waals surface area (Å²) in [6, 6.07) is 15.0. The Kier molecular flexibility index (Phi) is 5.37. The van der Waals surface area contributed by atoms with Gasteiger partial charge >= 0.3 is 0 Å². The smallest absolute Gasteiger partial charge is 0.143 e. The van der Waals surface area contributed by atoms with Gasteiger partial charge in [-0.3, -0.25) is 0 Å². The van der Waals surface area contributed by atoms with Crippen LogP contribution >= 0.6 is 11.3 Å². The summed E-state index contributed by atoms with van der Waals surface area (Å²) in [5.41, 5.74) is 6.35. The van der Waals surface area contributed by atoms with Gasteiger partial charge in [0, 0.05) is 10.9 Å². The number of fused-ring (bicyclic) bond motifs is 2. The Morgan fingerprint density at radius 1 is 1.03 bits per heavy atom. The molecule has 1 aliphatic carbocycles. The van der Waals surface area contributed by atoms with Crippen LogP contribution in [-0.4, -0.2) is 16.6 Å². The van der Waals surface area contributed by atoms with Gasteiger partial charge < -0.3 is 10.1 Å². The molecule has 0 unspecified atom stereocenters. The summed E-state index contributed by atoms with van der Waals surface area (Å²) in [6.45, 7) is 2.80. The van der Waals surface area contributed by atoms with Crippen LogP contribution < -0.4 is 10.1 Å². The molecule has 30 heavy (non-hydrogen) atoms. The minimum absolute atomic E-state index is 0.691. The predicted molar refractivity (Wildman–Crippen MR) is 125 cm³/mol. The van der Waals surface area contributed by atoms with Crippen LogP contribution in [0.25, 0.3) is 21.3 Å². The molecule has 0 amide bonds. The fourth-order valence-corrected chi connectivity index (χ4v) is 5.03. The zero-order valence-electron chi connectivity index (χ0n) is 17.1. The first-order chi connectivity index (χ1) is 14.8. The number of hydrogen-bond donors (Lipinski definition) is 1. The average Bonchev–Trinajstić information content (AvgIpc) is 3.23. The number of hydrogen-bond acceptors (Lipinski definition) is 5. The number of rotatable bonds is 6. The molecule has 0 saturated heterocycles. The van der Waals surface area contributed by atoms with Crippen LogP contribution in [0.2, 0.25) is 0 Å². The molecule has 4 nitrogen and oxygen atoms in total. The Morgan fingerprint density at radius 3 is 2.80 bits per heavy atom. The van der Waals surface area contributed by atoms with Crippen molar-refractivity contribution in [2.45, 2.75) is 39.0 Å². The van der Waals surface area contributed by atoms with Crippen molar-refractivity contribution in [1.82, 2.24) is 9.97 Å². The van der Waals surface area contributed by atoms with Gasteiger partial charge in [-0.1, -0.05) is 37.3 Å². The average molecular weight is 416 g/mol. The summed E-state index contributed by atoms with van der Waals surface area (Å²) in [6.07, 6.45) is 7.56. The maximum atomic E-state index is 5.93. The van der Waals surface area contributed by atoms with Crippen LogP contribution in [0.5, 0.6) is 5.75 Å². The fraction of sp³-hybridized carbons (Fsp3) is 0.280. The summed E-state index contributed by atoms with van der Waals surface area (Å²) in [7, 11) is 0. The molecule has 0 atom stereocenters. The SMILES string of the molecule is CCCOc1ccccc1Nc1ncnc2scc(-c3ccc4c(c3)CCCC4)c12. The van der Waals surface area contributed by atoms with Crippen molar-refractivity contribution in [3.8, 4) is 16.9 Å². The second-order valence-corrected chi connectivity index (χ2v) is 8.57. The van der Waals surface area contributed by atoms with Gasteiger partial charge in [-0.15, -0.1) is 11.3 Å². The van der Waals surface area contributed by atoms with Crippen molar-refractivity contribution in [1.29, 1.82) is 0 Å². The van der Waals surface area contributed by atoms with Crippen molar-refractivity contribution in [3.63, 3.8) is 0 Å². The Labute approximate surface area is 181 Å². The first kappa shape index (κ1) is 19.1. The van der Waals surface area contributed by atoms with E-state index < -0.39 is 0 Å². The minimum Gasteiger partial charge on any atom is -0.491 e. The van der Waals surface area contributed by atoms with E-state index in [0.717, 1.165) is 33.9 Å². The molecule has 5 rings (SSSR count). The molecule has 2 aromatic carbocycles. The highest BCUT2D eigenvalue weighted by atomic mass is 32.1. The third-order valence-corrected chi connectivity index (χ3v) is 6.52. The highest BCUT2D eigenvalue weighted by molar-refractivity contribution is 7.17. The van der Waals surface area contributed by atoms with Crippen LogP contribution in [0.1, 0.15) is 37.3 Å². The van der Waals surface area contributed by atoms with Gasteiger partial charge in [0.1, 0.15) is 22.7 Å². The zero-order valence-corrected chi connectivity index (χ0v) is 18.0. The molecule has 0 radical (unpaired) electrons. The van der Waals surface area contributed by atoms with E-state index in [9.17, 15) is 0 Å². The number of thiophene rings is 1. The summed E-state index contributed by atoms with van der Waals surface area (Å²) >= 11 is 1.67. The van der Waals surface area contributed by atoms with Crippen LogP contribution in [0, 0.1) is 0 Å². The lowest BCUT2D eigenvalue weighted by molar-refractivity contribution is 0.319. The molecule has 0 spiro atoms. The first-order valence-corrected chi connectivity index (χ1v) is 11.5. The summed E-state index contributed by atoms with van der Waals surface area (Å²) < 4.78 is 5.93. The molecular formula is C25H25N3OS. The van der Waals surface area contributed by atoms with Crippen molar-refractivity contribution in [3.05, 3.63) is 65.3 Å². The highest BCUT2D eigenvalue weighted by Gasteiger charge is 2.17. The molecule has 0 saturated carbocycles. The van der Waals surface area contributed by atoms with Gasteiger partial charge in [-0.2, -0.15) is 0 Å². The quantitative estimate of drug-likeness (QED) is 0.377. The largest absolute Gasteiger partial charge is 0.491 e. The third-order valence-electron chi connectivity index (χ3n) is 5.63. The van der Waals surface area contributed by atoms with Gasteiger partial charge in [-0.05, 0) is 60.9 Å². The predicted octanol–water partition coefficient (Wildman–Crippen LogP) is 6.77. The standard InChI is InChI=1S/C25H25N3OS/c1-2-13-29-22-10-6-5-9-21(22)28-24-23-20(15-30-25(23)27-16-26-24)19-12-11-17-7-3-4-8-18(17)14-19/h5-6,9-12,14-16H,2-4,7-8,13H2,1H3,(H,26,27,28). The maximum absolute atomic E-state index is 5.93. The number of anilines is 2. The molecule has 5 heteroatoms. The number of nitrogens with one attached hydrogen (secondary N) is 1. The van der Waals surface area contributed by atoms with E-state index in [-0.39, 0.29) is 0 Å². The number of ether oxygens (including phenoxy) is 1. The lowest BCUT2D eigenvalue weighted by atomic mass is 9.89. The molecular weight excluding hydrogens is 390 g/mol. The molecule has 0 aliphatic heterocycles. The van der Waals surface area contributed by atoms with E-state index in [1.165, 1.54) is 47.9 Å². The second kappa shape index (κ2) is 8.44. The third kappa shape index (κ3) is 3.65. The monoisotopic (exact) mass is 415 g/mol. The molecule has 4 aromatic rings. The molecule has 152 valence electrons. The van der Waals surface area contributed by atoms with Gasteiger partial charge in [0.2, 0.25) is 0 Å². The van der Waals surface area contributed by atoms with Crippen molar-refractivity contribution in [2.75, 3.05) is 11.9 Å². The highest BCUT2D eigenvalue weighted by Crippen LogP contribution is 2.39. The normalized spacial score (nSPS) is 13.2. The Balaban J connectivity index is 1.56. The fourth-order valence-electron chi connectivity index (χ4n) is 4.12. The lowest BCUT2D eigenvalue weighted by Crippen LogP contribution is -2.02. The Hall–Kier alpha value is -2.92. The van der Waals surface area contributed by atoms with Crippen molar-refractivity contribution >= 4 is 33.1 Å². The summed E-state index contributed by atoms with van der Waals surface area (Å²) in [5.74, 6) is 1.66. The maximum Gasteiger partial charge on any atom is 0.143 e. The van der Waals surface area contributed by atoms with Gasteiger partial charge in [0.25, 0.3) is 0 Å². The van der Waals surface area contributed by atoms with E-state index >= 15 is 0 Å². The van der Waals surface area contributed by atoms with Gasteiger partial charge in [0.15, 0.2) is 0 Å². The Bertz CT molecular complexity index is 1180. The minimum atomic E-state index is 0.691. The molecule has 1 N–H and O–H groups in total. The molecule has 2 heterocycles. The number of aryl methyl sites for hydroxylation is 2. The number of benzene rings is 2. The molecule has 2 aromatic heterocycles. The van der Waals surface area contributed by atoms with Gasteiger partial charge in [0.05, 0.1) is 17.7 Å². The van der Waals surface area contributed by atoms with Crippen molar-refractivity contribution < 1.29 is 4.74 Å². The molecule has 1 aliphatic rings.